The quantitative estimate of drug-likeness (QED) is 0.812. The van der Waals surface area contributed by atoms with Gasteiger partial charge in [-0.2, -0.15) is 0 Å². The number of methoxy groups -OCH3 is 1. The first-order valence-corrected chi connectivity index (χ1v) is 7.03. The van der Waals surface area contributed by atoms with Gasteiger partial charge >= 0.3 is 0 Å². The maximum absolute atomic E-state index is 5.62. The van der Waals surface area contributed by atoms with Crippen LogP contribution in [0.15, 0.2) is 36.4 Å². The summed E-state index contributed by atoms with van der Waals surface area (Å²) in [5.74, 6) is 1.68. The highest BCUT2D eigenvalue weighted by molar-refractivity contribution is 5.85. The minimum atomic E-state index is 0.635. The Labute approximate surface area is 115 Å². The standard InChI is InChI=1S/C17H21NO/c1-18-9-7-13(8-10-18)16-11-14-5-3-4-6-15(14)12-17(16)19-2/h3-6,11-13H,7-10H2,1-2H3. The van der Waals surface area contributed by atoms with Crippen molar-refractivity contribution in [1.82, 2.24) is 4.90 Å². The van der Waals surface area contributed by atoms with E-state index < -0.39 is 0 Å². The monoisotopic (exact) mass is 255 g/mol. The minimum Gasteiger partial charge on any atom is -0.496 e. The molecule has 0 saturated carbocycles. The van der Waals surface area contributed by atoms with E-state index in [0.717, 1.165) is 5.75 Å². The fraction of sp³-hybridized carbons (Fsp3) is 0.412. The smallest absolute Gasteiger partial charge is 0.122 e. The molecule has 0 unspecified atom stereocenters. The van der Waals surface area contributed by atoms with Gasteiger partial charge in [-0.15, -0.1) is 0 Å². The van der Waals surface area contributed by atoms with Gasteiger partial charge in [0, 0.05) is 0 Å². The zero-order chi connectivity index (χ0) is 13.2. The van der Waals surface area contributed by atoms with Crippen LogP contribution in [0.2, 0.25) is 0 Å². The number of rotatable bonds is 2. The first-order chi connectivity index (χ1) is 9.28. The van der Waals surface area contributed by atoms with E-state index in [1.54, 1.807) is 7.11 Å². The summed E-state index contributed by atoms with van der Waals surface area (Å²) >= 11 is 0. The molecule has 19 heavy (non-hydrogen) atoms. The van der Waals surface area contributed by atoms with Gasteiger partial charge in [-0.05, 0) is 67.4 Å². The molecule has 2 aromatic carbocycles. The van der Waals surface area contributed by atoms with Crippen molar-refractivity contribution in [3.05, 3.63) is 42.0 Å². The molecular weight excluding hydrogens is 234 g/mol. The lowest BCUT2D eigenvalue weighted by Crippen LogP contribution is -2.29. The second kappa shape index (κ2) is 5.22. The molecule has 0 bridgehead atoms. The van der Waals surface area contributed by atoms with E-state index in [0.29, 0.717) is 5.92 Å². The topological polar surface area (TPSA) is 12.5 Å². The number of fused-ring (bicyclic) bond motifs is 1. The van der Waals surface area contributed by atoms with Crippen LogP contribution >= 0.6 is 0 Å². The largest absolute Gasteiger partial charge is 0.496 e. The summed E-state index contributed by atoms with van der Waals surface area (Å²) in [6.07, 6.45) is 2.45. The Morgan fingerprint density at radius 3 is 2.32 bits per heavy atom. The molecule has 3 rings (SSSR count). The molecule has 1 fully saturated rings. The molecule has 2 nitrogen and oxygen atoms in total. The molecule has 2 aromatic rings. The number of nitrogens with zero attached hydrogens (tertiary/aromatic N) is 1. The maximum atomic E-state index is 5.62. The molecule has 1 saturated heterocycles. The van der Waals surface area contributed by atoms with E-state index in [1.807, 2.05) is 0 Å². The molecular formula is C17H21NO. The third kappa shape index (κ3) is 2.45. The van der Waals surface area contributed by atoms with Gasteiger partial charge in [0.15, 0.2) is 0 Å². The van der Waals surface area contributed by atoms with Gasteiger partial charge in [0.1, 0.15) is 5.75 Å². The normalized spacial score (nSPS) is 17.8. The molecule has 0 N–H and O–H groups in total. The summed E-state index contributed by atoms with van der Waals surface area (Å²) in [5.41, 5.74) is 1.38. The lowest BCUT2D eigenvalue weighted by atomic mass is 9.87. The number of hydrogen-bond acceptors (Lipinski definition) is 2. The van der Waals surface area contributed by atoms with E-state index in [1.165, 1.54) is 42.3 Å². The highest BCUT2D eigenvalue weighted by Gasteiger charge is 2.21. The van der Waals surface area contributed by atoms with Crippen LogP contribution in [0.4, 0.5) is 0 Å². The molecule has 1 aliphatic rings. The third-order valence-corrected chi connectivity index (χ3v) is 4.26. The fourth-order valence-electron chi connectivity index (χ4n) is 3.05. The van der Waals surface area contributed by atoms with Gasteiger partial charge in [-0.1, -0.05) is 24.3 Å². The fourth-order valence-corrected chi connectivity index (χ4v) is 3.05. The molecule has 2 heteroatoms. The Morgan fingerprint density at radius 2 is 1.68 bits per heavy atom. The Balaban J connectivity index is 2.01. The molecule has 0 radical (unpaired) electrons. The highest BCUT2D eigenvalue weighted by atomic mass is 16.5. The van der Waals surface area contributed by atoms with E-state index in [2.05, 4.69) is 48.3 Å². The van der Waals surface area contributed by atoms with Crippen molar-refractivity contribution >= 4 is 10.8 Å². The van der Waals surface area contributed by atoms with Crippen LogP contribution < -0.4 is 4.74 Å². The van der Waals surface area contributed by atoms with Crippen LogP contribution in [-0.4, -0.2) is 32.1 Å². The zero-order valence-corrected chi connectivity index (χ0v) is 11.7. The molecule has 1 aliphatic heterocycles. The number of benzene rings is 2. The third-order valence-electron chi connectivity index (χ3n) is 4.26. The van der Waals surface area contributed by atoms with Crippen molar-refractivity contribution < 1.29 is 4.74 Å². The van der Waals surface area contributed by atoms with E-state index in [-0.39, 0.29) is 0 Å². The van der Waals surface area contributed by atoms with Gasteiger partial charge < -0.3 is 9.64 Å². The van der Waals surface area contributed by atoms with Crippen LogP contribution in [0.3, 0.4) is 0 Å². The Hall–Kier alpha value is -1.54. The summed E-state index contributed by atoms with van der Waals surface area (Å²) in [5, 5.41) is 2.58. The average Bonchev–Trinajstić information content (AvgIpc) is 2.46. The second-order valence-corrected chi connectivity index (χ2v) is 5.52. The first kappa shape index (κ1) is 12.5. The van der Waals surface area contributed by atoms with Crippen LogP contribution in [0, 0.1) is 0 Å². The highest BCUT2D eigenvalue weighted by Crippen LogP contribution is 2.36. The van der Waals surface area contributed by atoms with Crippen molar-refractivity contribution in [2.45, 2.75) is 18.8 Å². The summed E-state index contributed by atoms with van der Waals surface area (Å²) in [6, 6.07) is 13.0. The number of piperidine rings is 1. The Kier molecular flexibility index (Phi) is 3.43. The maximum Gasteiger partial charge on any atom is 0.122 e. The van der Waals surface area contributed by atoms with Crippen molar-refractivity contribution in [3.8, 4) is 5.75 Å². The predicted octanol–water partition coefficient (Wildman–Crippen LogP) is 3.66. The van der Waals surface area contributed by atoms with Gasteiger partial charge in [0.2, 0.25) is 0 Å². The molecule has 0 atom stereocenters. The Bertz CT molecular complexity index is 570. The van der Waals surface area contributed by atoms with E-state index in [4.69, 9.17) is 4.74 Å². The number of hydrogen-bond donors (Lipinski definition) is 0. The van der Waals surface area contributed by atoms with Crippen LogP contribution in [0.5, 0.6) is 5.75 Å². The number of likely N-dealkylation sites (tertiary alicyclic amines) is 1. The van der Waals surface area contributed by atoms with Crippen molar-refractivity contribution in [2.24, 2.45) is 0 Å². The number of ether oxygens (including phenoxy) is 1. The average molecular weight is 255 g/mol. The minimum absolute atomic E-state index is 0.635. The molecule has 0 spiro atoms. The zero-order valence-electron chi connectivity index (χ0n) is 11.7. The molecule has 0 aromatic heterocycles. The van der Waals surface area contributed by atoms with Crippen LogP contribution in [0.1, 0.15) is 24.3 Å². The molecule has 0 amide bonds. The summed E-state index contributed by atoms with van der Waals surface area (Å²) in [6.45, 7) is 2.36. The van der Waals surface area contributed by atoms with Crippen LogP contribution in [-0.2, 0) is 0 Å². The second-order valence-electron chi connectivity index (χ2n) is 5.52. The summed E-state index contributed by atoms with van der Waals surface area (Å²) < 4.78 is 5.62. The van der Waals surface area contributed by atoms with Crippen molar-refractivity contribution in [3.63, 3.8) is 0 Å². The van der Waals surface area contributed by atoms with E-state index in [9.17, 15) is 0 Å². The summed E-state index contributed by atoms with van der Waals surface area (Å²) in [7, 11) is 3.98. The lowest BCUT2D eigenvalue weighted by Gasteiger charge is -2.30. The Morgan fingerprint density at radius 1 is 1.05 bits per heavy atom. The first-order valence-electron chi connectivity index (χ1n) is 7.03. The van der Waals surface area contributed by atoms with Crippen molar-refractivity contribution in [2.75, 3.05) is 27.2 Å². The lowest BCUT2D eigenvalue weighted by molar-refractivity contribution is 0.252. The molecule has 0 aliphatic carbocycles. The predicted molar refractivity (Wildman–Crippen MR) is 80.0 cm³/mol. The molecule has 100 valence electrons. The SMILES string of the molecule is COc1cc2ccccc2cc1C1CCN(C)CC1. The van der Waals surface area contributed by atoms with Gasteiger partial charge in [0.05, 0.1) is 7.11 Å². The van der Waals surface area contributed by atoms with Crippen molar-refractivity contribution in [1.29, 1.82) is 0 Å². The van der Waals surface area contributed by atoms with E-state index >= 15 is 0 Å². The van der Waals surface area contributed by atoms with Crippen LogP contribution in [0.25, 0.3) is 10.8 Å². The van der Waals surface area contributed by atoms with Gasteiger partial charge in [-0.25, -0.2) is 0 Å². The van der Waals surface area contributed by atoms with Gasteiger partial charge in [-0.3, -0.25) is 0 Å². The molecule has 1 heterocycles. The summed E-state index contributed by atoms with van der Waals surface area (Å²) in [4.78, 5) is 2.41. The van der Waals surface area contributed by atoms with Gasteiger partial charge in [0.25, 0.3) is 0 Å².